The van der Waals surface area contributed by atoms with Crippen molar-refractivity contribution in [2.24, 2.45) is 0 Å². The highest BCUT2D eigenvalue weighted by Gasteiger charge is 2.11. The summed E-state index contributed by atoms with van der Waals surface area (Å²) < 4.78 is 13.3. The van der Waals surface area contributed by atoms with Crippen molar-refractivity contribution < 1.29 is 9.47 Å². The maximum atomic E-state index is 8.92. The first kappa shape index (κ1) is 17.9. The summed E-state index contributed by atoms with van der Waals surface area (Å²) in [5, 5.41) is 9.91. The van der Waals surface area contributed by atoms with E-state index in [1.807, 2.05) is 47.0 Å². The molecule has 140 valence electrons. The summed E-state index contributed by atoms with van der Waals surface area (Å²) in [6.07, 6.45) is 1.71. The van der Waals surface area contributed by atoms with Gasteiger partial charge in [-0.25, -0.2) is 9.97 Å². The standard InChI is InChI=1S/C21H19N5O2/c22-11-15-4-3-5-16(10-15)12-27-8-9-28-14-26-13-24-19-20(26)17-6-1-2-7-18(17)25-21(19)23/h1-7,10,13H,8-9,12,14H2,(H2,23,25). The highest BCUT2D eigenvalue weighted by Crippen LogP contribution is 2.26. The van der Waals surface area contributed by atoms with E-state index in [9.17, 15) is 0 Å². The molecule has 4 rings (SSSR count). The molecule has 0 aliphatic carbocycles. The minimum absolute atomic E-state index is 0.344. The average Bonchev–Trinajstić information content (AvgIpc) is 3.16. The molecule has 4 aromatic rings. The fourth-order valence-electron chi connectivity index (χ4n) is 3.11. The topological polar surface area (TPSA) is 99.0 Å². The minimum Gasteiger partial charge on any atom is -0.382 e. The number of ether oxygens (including phenoxy) is 2. The van der Waals surface area contributed by atoms with Gasteiger partial charge in [0, 0.05) is 5.39 Å². The Balaban J connectivity index is 1.35. The van der Waals surface area contributed by atoms with Gasteiger partial charge in [0.15, 0.2) is 5.82 Å². The lowest BCUT2D eigenvalue weighted by molar-refractivity contribution is 0.0149. The molecule has 2 aromatic carbocycles. The van der Waals surface area contributed by atoms with Crippen LogP contribution >= 0.6 is 0 Å². The maximum absolute atomic E-state index is 8.92. The van der Waals surface area contributed by atoms with Gasteiger partial charge in [-0.2, -0.15) is 5.26 Å². The second-order valence-corrected chi connectivity index (χ2v) is 6.33. The minimum atomic E-state index is 0.344. The number of nitriles is 1. The van der Waals surface area contributed by atoms with Crippen LogP contribution < -0.4 is 5.73 Å². The first-order chi connectivity index (χ1) is 13.8. The lowest BCUT2D eigenvalue weighted by Crippen LogP contribution is -2.08. The molecule has 0 aliphatic rings. The third-order valence-corrected chi connectivity index (χ3v) is 4.41. The Morgan fingerprint density at radius 3 is 2.82 bits per heavy atom. The molecule has 0 saturated heterocycles. The molecule has 28 heavy (non-hydrogen) atoms. The normalized spacial score (nSPS) is 11.1. The van der Waals surface area contributed by atoms with Crippen molar-refractivity contribution in [2.45, 2.75) is 13.3 Å². The zero-order chi connectivity index (χ0) is 19.3. The summed E-state index contributed by atoms with van der Waals surface area (Å²) in [7, 11) is 0. The van der Waals surface area contributed by atoms with E-state index < -0.39 is 0 Å². The lowest BCUT2D eigenvalue weighted by Gasteiger charge is -2.09. The van der Waals surface area contributed by atoms with E-state index >= 15 is 0 Å². The van der Waals surface area contributed by atoms with E-state index in [1.165, 1.54) is 0 Å². The van der Waals surface area contributed by atoms with Crippen LogP contribution in [0.3, 0.4) is 0 Å². The van der Waals surface area contributed by atoms with Crippen LogP contribution in [0.25, 0.3) is 21.9 Å². The summed E-state index contributed by atoms with van der Waals surface area (Å²) in [6.45, 7) is 1.68. The van der Waals surface area contributed by atoms with E-state index in [0.29, 0.717) is 43.4 Å². The average molecular weight is 373 g/mol. The quantitative estimate of drug-likeness (QED) is 0.499. The van der Waals surface area contributed by atoms with Crippen LogP contribution in [0.1, 0.15) is 11.1 Å². The van der Waals surface area contributed by atoms with Gasteiger partial charge in [-0.1, -0.05) is 30.3 Å². The van der Waals surface area contributed by atoms with E-state index in [4.69, 9.17) is 20.5 Å². The van der Waals surface area contributed by atoms with Crippen molar-refractivity contribution in [3.05, 3.63) is 66.0 Å². The highest BCUT2D eigenvalue weighted by molar-refractivity contribution is 6.06. The van der Waals surface area contributed by atoms with Crippen LogP contribution in [-0.4, -0.2) is 27.7 Å². The number of hydrogen-bond donors (Lipinski definition) is 1. The molecule has 2 aromatic heterocycles. The number of benzene rings is 2. The molecule has 0 unspecified atom stereocenters. The fraction of sp³-hybridized carbons (Fsp3) is 0.190. The molecule has 7 heteroatoms. The number of pyridine rings is 1. The molecule has 2 heterocycles. The zero-order valence-electron chi connectivity index (χ0n) is 15.2. The van der Waals surface area contributed by atoms with Gasteiger partial charge in [0.25, 0.3) is 0 Å². The van der Waals surface area contributed by atoms with Crippen molar-refractivity contribution in [3.8, 4) is 6.07 Å². The lowest BCUT2D eigenvalue weighted by atomic mass is 10.1. The molecule has 7 nitrogen and oxygen atoms in total. The molecular formula is C21H19N5O2. The number of hydrogen-bond acceptors (Lipinski definition) is 6. The molecule has 0 aliphatic heterocycles. The molecule has 0 saturated carbocycles. The number of fused-ring (bicyclic) bond motifs is 3. The number of rotatable bonds is 7. The van der Waals surface area contributed by atoms with Crippen LogP contribution in [0.4, 0.5) is 5.82 Å². The van der Waals surface area contributed by atoms with E-state index in [2.05, 4.69) is 16.0 Å². The Kier molecular flexibility index (Phi) is 5.15. The second kappa shape index (κ2) is 8.05. The van der Waals surface area contributed by atoms with Gasteiger partial charge in [0.2, 0.25) is 0 Å². The predicted octanol–water partition coefficient (Wildman–Crippen LogP) is 3.23. The maximum Gasteiger partial charge on any atom is 0.152 e. The molecule has 0 spiro atoms. The molecule has 0 atom stereocenters. The van der Waals surface area contributed by atoms with Gasteiger partial charge < -0.3 is 19.8 Å². The predicted molar refractivity (Wildman–Crippen MR) is 106 cm³/mol. The number of anilines is 1. The van der Waals surface area contributed by atoms with Gasteiger partial charge >= 0.3 is 0 Å². The first-order valence-corrected chi connectivity index (χ1v) is 8.90. The second-order valence-electron chi connectivity index (χ2n) is 6.33. The number of nitrogens with two attached hydrogens (primary N) is 1. The van der Waals surface area contributed by atoms with Crippen molar-refractivity contribution in [2.75, 3.05) is 18.9 Å². The van der Waals surface area contributed by atoms with Crippen molar-refractivity contribution in [3.63, 3.8) is 0 Å². The van der Waals surface area contributed by atoms with Crippen molar-refractivity contribution in [1.82, 2.24) is 14.5 Å². The van der Waals surface area contributed by atoms with Gasteiger partial charge in [-0.3, -0.25) is 0 Å². The van der Waals surface area contributed by atoms with Gasteiger partial charge in [-0.05, 0) is 23.8 Å². The van der Waals surface area contributed by atoms with Crippen LogP contribution in [0, 0.1) is 11.3 Å². The summed E-state index contributed by atoms with van der Waals surface area (Å²) in [6, 6.07) is 17.3. The third kappa shape index (κ3) is 3.64. The highest BCUT2D eigenvalue weighted by atomic mass is 16.5. The van der Waals surface area contributed by atoms with Crippen molar-refractivity contribution >= 4 is 27.8 Å². The third-order valence-electron chi connectivity index (χ3n) is 4.41. The van der Waals surface area contributed by atoms with Gasteiger partial charge in [0.05, 0.1) is 48.8 Å². The molecule has 0 amide bonds. The summed E-state index contributed by atoms with van der Waals surface area (Å²) >= 11 is 0. The zero-order valence-corrected chi connectivity index (χ0v) is 15.2. The van der Waals surface area contributed by atoms with E-state index in [-0.39, 0.29) is 0 Å². The van der Waals surface area contributed by atoms with Gasteiger partial charge in [0.1, 0.15) is 12.2 Å². The number of aromatic nitrogens is 3. The number of nitrogens with zero attached hydrogens (tertiary/aromatic N) is 4. The van der Waals surface area contributed by atoms with Gasteiger partial charge in [-0.15, -0.1) is 0 Å². The number of para-hydroxylation sites is 1. The first-order valence-electron chi connectivity index (χ1n) is 8.90. The summed E-state index contributed by atoms with van der Waals surface area (Å²) in [5.41, 5.74) is 10.1. The van der Waals surface area contributed by atoms with E-state index in [0.717, 1.165) is 22.0 Å². The Morgan fingerprint density at radius 2 is 1.93 bits per heavy atom. The number of nitrogen functional groups attached to an aromatic ring is 1. The molecule has 0 bridgehead atoms. The SMILES string of the molecule is N#Cc1cccc(COCCOCn2cnc3c(N)nc4ccccc4c32)c1. The monoisotopic (exact) mass is 373 g/mol. The Morgan fingerprint density at radius 1 is 1.07 bits per heavy atom. The van der Waals surface area contributed by atoms with Crippen LogP contribution in [0.2, 0.25) is 0 Å². The summed E-state index contributed by atoms with van der Waals surface area (Å²) in [5.74, 6) is 0.412. The molecule has 0 radical (unpaired) electrons. The number of imidazole rings is 1. The Bertz CT molecular complexity index is 1160. The van der Waals surface area contributed by atoms with E-state index in [1.54, 1.807) is 12.4 Å². The van der Waals surface area contributed by atoms with Crippen LogP contribution in [-0.2, 0) is 22.8 Å². The van der Waals surface area contributed by atoms with Crippen molar-refractivity contribution in [1.29, 1.82) is 5.26 Å². The molecule has 2 N–H and O–H groups in total. The largest absolute Gasteiger partial charge is 0.382 e. The molecule has 0 fully saturated rings. The smallest absolute Gasteiger partial charge is 0.152 e. The molecular weight excluding hydrogens is 354 g/mol. The Hall–Kier alpha value is -3.47. The fourth-order valence-corrected chi connectivity index (χ4v) is 3.11. The Labute approximate surface area is 161 Å². The van der Waals surface area contributed by atoms with Crippen LogP contribution in [0.15, 0.2) is 54.9 Å². The van der Waals surface area contributed by atoms with Crippen LogP contribution in [0.5, 0.6) is 0 Å². The summed E-state index contributed by atoms with van der Waals surface area (Å²) in [4.78, 5) is 8.78.